The number of benzene rings is 2. The summed E-state index contributed by atoms with van der Waals surface area (Å²) in [5.74, 6) is 0. The van der Waals surface area contributed by atoms with Gasteiger partial charge in [0.2, 0.25) is 0 Å². The highest BCUT2D eigenvalue weighted by Gasteiger charge is 2.04. The van der Waals surface area contributed by atoms with Crippen LogP contribution in [0.1, 0.15) is 39.8 Å². The zero-order chi connectivity index (χ0) is 15.6. The minimum atomic E-state index is 0.920. The van der Waals surface area contributed by atoms with E-state index in [1.54, 1.807) is 0 Å². The molecule has 2 aromatic carbocycles. The molecule has 2 nitrogen and oxygen atoms in total. The van der Waals surface area contributed by atoms with Crippen molar-refractivity contribution in [3.05, 3.63) is 57.6 Å². The van der Waals surface area contributed by atoms with Crippen molar-refractivity contribution >= 4 is 11.4 Å². The molecule has 0 radical (unpaired) electrons. The van der Waals surface area contributed by atoms with Gasteiger partial charge in [-0.25, -0.2) is 0 Å². The van der Waals surface area contributed by atoms with Gasteiger partial charge in [0.1, 0.15) is 0 Å². The van der Waals surface area contributed by atoms with Crippen molar-refractivity contribution in [1.29, 1.82) is 0 Å². The van der Waals surface area contributed by atoms with Crippen LogP contribution >= 0.6 is 0 Å². The standard InChI is InChI=1S/C19H26N2/c1-12-8-16(9-13(2)18(12)20)6-5-7-17-10-14(3)19(21)15(4)11-17/h8-11H,5-7,20-21H2,1-4H3. The monoisotopic (exact) mass is 282 g/mol. The first-order valence-corrected chi connectivity index (χ1v) is 7.59. The van der Waals surface area contributed by atoms with E-state index in [0.717, 1.165) is 30.6 Å². The molecule has 4 N–H and O–H groups in total. The molecule has 0 saturated carbocycles. The lowest BCUT2D eigenvalue weighted by atomic mass is 9.97. The summed E-state index contributed by atoms with van der Waals surface area (Å²) in [4.78, 5) is 0. The molecule has 0 aliphatic heterocycles. The lowest BCUT2D eigenvalue weighted by Crippen LogP contribution is -1.99. The van der Waals surface area contributed by atoms with Crippen LogP contribution in [0.25, 0.3) is 0 Å². The van der Waals surface area contributed by atoms with Gasteiger partial charge in [-0.05, 0) is 80.3 Å². The molecule has 112 valence electrons. The Morgan fingerprint density at radius 3 is 1.19 bits per heavy atom. The maximum Gasteiger partial charge on any atom is 0.0373 e. The fraction of sp³-hybridized carbons (Fsp3) is 0.368. The molecule has 0 fully saturated rings. The summed E-state index contributed by atoms with van der Waals surface area (Å²) in [6.45, 7) is 8.33. The van der Waals surface area contributed by atoms with Crippen LogP contribution < -0.4 is 11.5 Å². The molecule has 0 bridgehead atoms. The zero-order valence-corrected chi connectivity index (χ0v) is 13.6. The maximum atomic E-state index is 6.01. The van der Waals surface area contributed by atoms with E-state index in [1.807, 2.05) is 0 Å². The minimum absolute atomic E-state index is 0.920. The molecule has 2 aromatic rings. The number of nitrogen functional groups attached to an aromatic ring is 2. The van der Waals surface area contributed by atoms with Crippen molar-refractivity contribution in [3.63, 3.8) is 0 Å². The average Bonchev–Trinajstić information content (AvgIpc) is 2.42. The van der Waals surface area contributed by atoms with Gasteiger partial charge >= 0.3 is 0 Å². The molecule has 2 rings (SSSR count). The number of hydrogen-bond acceptors (Lipinski definition) is 2. The molecular weight excluding hydrogens is 256 g/mol. The Labute approximate surface area is 128 Å². The molecule has 0 amide bonds. The van der Waals surface area contributed by atoms with Crippen molar-refractivity contribution in [2.45, 2.75) is 47.0 Å². The van der Waals surface area contributed by atoms with Crippen molar-refractivity contribution < 1.29 is 0 Å². The SMILES string of the molecule is Cc1cc(CCCc2cc(C)c(N)c(C)c2)cc(C)c1N. The predicted octanol–water partition coefficient (Wildman–Crippen LogP) is 4.26. The highest BCUT2D eigenvalue weighted by Crippen LogP contribution is 2.22. The Kier molecular flexibility index (Phi) is 4.56. The molecule has 0 aromatic heterocycles. The van der Waals surface area contributed by atoms with E-state index in [1.165, 1.54) is 33.4 Å². The first kappa shape index (κ1) is 15.4. The second-order valence-electron chi connectivity index (χ2n) is 6.14. The number of hydrogen-bond donors (Lipinski definition) is 2. The lowest BCUT2D eigenvalue weighted by Gasteiger charge is -2.11. The van der Waals surface area contributed by atoms with E-state index in [-0.39, 0.29) is 0 Å². The van der Waals surface area contributed by atoms with Crippen LogP contribution in [-0.4, -0.2) is 0 Å². The van der Waals surface area contributed by atoms with Gasteiger partial charge in [-0.1, -0.05) is 24.3 Å². The summed E-state index contributed by atoms with van der Waals surface area (Å²) in [6.07, 6.45) is 3.32. The summed E-state index contributed by atoms with van der Waals surface area (Å²) >= 11 is 0. The van der Waals surface area contributed by atoms with Gasteiger partial charge in [-0.3, -0.25) is 0 Å². The third-order valence-corrected chi connectivity index (χ3v) is 4.24. The Balaban J connectivity index is 2.02. The molecule has 0 unspecified atom stereocenters. The van der Waals surface area contributed by atoms with Crippen LogP contribution in [0.3, 0.4) is 0 Å². The third kappa shape index (κ3) is 3.57. The fourth-order valence-corrected chi connectivity index (χ4v) is 2.91. The molecule has 2 heteroatoms. The van der Waals surface area contributed by atoms with Gasteiger partial charge in [0.25, 0.3) is 0 Å². The van der Waals surface area contributed by atoms with Crippen LogP contribution in [-0.2, 0) is 12.8 Å². The van der Waals surface area contributed by atoms with Gasteiger partial charge in [0.15, 0.2) is 0 Å². The van der Waals surface area contributed by atoms with Gasteiger partial charge in [-0.2, -0.15) is 0 Å². The minimum Gasteiger partial charge on any atom is -0.398 e. The Bertz CT molecular complexity index is 553. The topological polar surface area (TPSA) is 52.0 Å². The Hall–Kier alpha value is -1.96. The highest BCUT2D eigenvalue weighted by atomic mass is 14.6. The number of rotatable bonds is 4. The summed E-state index contributed by atoms with van der Waals surface area (Å²) in [5.41, 5.74) is 21.3. The van der Waals surface area contributed by atoms with Crippen LogP contribution in [0.15, 0.2) is 24.3 Å². The van der Waals surface area contributed by atoms with E-state index in [0.29, 0.717) is 0 Å². The highest BCUT2D eigenvalue weighted by molar-refractivity contribution is 5.55. The third-order valence-electron chi connectivity index (χ3n) is 4.24. The number of aryl methyl sites for hydroxylation is 6. The van der Waals surface area contributed by atoms with Gasteiger partial charge in [-0.15, -0.1) is 0 Å². The quantitative estimate of drug-likeness (QED) is 0.823. The Morgan fingerprint density at radius 1 is 0.619 bits per heavy atom. The number of nitrogens with two attached hydrogens (primary N) is 2. The normalized spacial score (nSPS) is 10.9. The molecule has 0 heterocycles. The first-order chi connectivity index (χ1) is 9.88. The summed E-state index contributed by atoms with van der Waals surface area (Å²) < 4.78 is 0. The largest absolute Gasteiger partial charge is 0.398 e. The second kappa shape index (κ2) is 6.21. The van der Waals surface area contributed by atoms with Gasteiger partial charge < -0.3 is 11.5 Å². The van der Waals surface area contributed by atoms with Crippen molar-refractivity contribution in [3.8, 4) is 0 Å². The van der Waals surface area contributed by atoms with E-state index in [2.05, 4.69) is 52.0 Å². The molecule has 0 aliphatic rings. The van der Waals surface area contributed by atoms with Crippen molar-refractivity contribution in [1.82, 2.24) is 0 Å². The van der Waals surface area contributed by atoms with Gasteiger partial charge in [0.05, 0.1) is 0 Å². The smallest absolute Gasteiger partial charge is 0.0373 e. The van der Waals surface area contributed by atoms with Crippen LogP contribution in [0.2, 0.25) is 0 Å². The Morgan fingerprint density at radius 2 is 0.905 bits per heavy atom. The maximum absolute atomic E-state index is 6.01. The van der Waals surface area contributed by atoms with E-state index in [4.69, 9.17) is 11.5 Å². The lowest BCUT2D eigenvalue weighted by molar-refractivity contribution is 0.818. The van der Waals surface area contributed by atoms with Crippen molar-refractivity contribution in [2.24, 2.45) is 0 Å². The molecule has 0 aliphatic carbocycles. The molecule has 21 heavy (non-hydrogen) atoms. The van der Waals surface area contributed by atoms with E-state index >= 15 is 0 Å². The predicted molar refractivity (Wildman–Crippen MR) is 92.7 cm³/mol. The van der Waals surface area contributed by atoms with Crippen molar-refractivity contribution in [2.75, 3.05) is 11.5 Å². The zero-order valence-electron chi connectivity index (χ0n) is 13.6. The summed E-state index contributed by atoms with van der Waals surface area (Å²) in [5, 5.41) is 0. The summed E-state index contributed by atoms with van der Waals surface area (Å²) in [7, 11) is 0. The molecular formula is C19H26N2. The second-order valence-corrected chi connectivity index (χ2v) is 6.14. The van der Waals surface area contributed by atoms with Gasteiger partial charge in [0, 0.05) is 11.4 Å². The average molecular weight is 282 g/mol. The number of anilines is 2. The van der Waals surface area contributed by atoms with E-state index in [9.17, 15) is 0 Å². The van der Waals surface area contributed by atoms with Crippen LogP contribution in [0.5, 0.6) is 0 Å². The fourth-order valence-electron chi connectivity index (χ4n) is 2.91. The molecule has 0 atom stereocenters. The van der Waals surface area contributed by atoms with Crippen LogP contribution in [0, 0.1) is 27.7 Å². The molecule has 0 spiro atoms. The van der Waals surface area contributed by atoms with Crippen LogP contribution in [0.4, 0.5) is 11.4 Å². The first-order valence-electron chi connectivity index (χ1n) is 7.59. The molecule has 0 saturated heterocycles. The van der Waals surface area contributed by atoms with E-state index < -0.39 is 0 Å². The summed E-state index contributed by atoms with van der Waals surface area (Å²) in [6, 6.07) is 8.84.